The summed E-state index contributed by atoms with van der Waals surface area (Å²) in [6, 6.07) is 13.9. The zero-order valence-electron chi connectivity index (χ0n) is 10.6. The van der Waals surface area contributed by atoms with E-state index in [0.717, 1.165) is 17.0 Å². The lowest BCUT2D eigenvalue weighted by Crippen LogP contribution is -2.19. The molecule has 4 rings (SSSR count). The first kappa shape index (κ1) is 11.0. The fourth-order valence-electron chi connectivity index (χ4n) is 2.38. The molecule has 5 nitrogen and oxygen atoms in total. The number of aromatic nitrogens is 3. The number of nitrogens with zero attached hydrogens (tertiary/aromatic N) is 3. The maximum absolute atomic E-state index is 5.52. The monoisotopic (exact) mass is 264 g/mol. The quantitative estimate of drug-likeness (QED) is 0.773. The Morgan fingerprint density at radius 3 is 2.80 bits per heavy atom. The van der Waals surface area contributed by atoms with Gasteiger partial charge in [0.05, 0.1) is 6.26 Å². The first-order valence-electron chi connectivity index (χ1n) is 6.39. The van der Waals surface area contributed by atoms with Gasteiger partial charge in [-0.05, 0) is 23.8 Å². The van der Waals surface area contributed by atoms with E-state index in [9.17, 15) is 0 Å². The van der Waals surface area contributed by atoms with Crippen molar-refractivity contribution < 1.29 is 4.42 Å². The first-order valence-corrected chi connectivity index (χ1v) is 6.39. The van der Waals surface area contributed by atoms with Crippen molar-refractivity contribution in [1.29, 1.82) is 0 Å². The highest BCUT2D eigenvalue weighted by Gasteiger charge is 2.24. The molecule has 98 valence electrons. The molecule has 1 atom stereocenters. The molecular weight excluding hydrogens is 252 g/mol. The fraction of sp³-hybridized carbons (Fsp3) is 0.0667. The number of hydrogen-bond donors (Lipinski definition) is 1. The second-order valence-corrected chi connectivity index (χ2v) is 4.56. The Hall–Kier alpha value is -2.82. The molecule has 0 bridgehead atoms. The number of anilines is 1. The summed E-state index contributed by atoms with van der Waals surface area (Å²) in [6.45, 7) is 0. The third kappa shape index (κ3) is 1.72. The molecule has 0 radical (unpaired) electrons. The Morgan fingerprint density at radius 1 is 1.10 bits per heavy atom. The zero-order chi connectivity index (χ0) is 13.4. The van der Waals surface area contributed by atoms with Crippen LogP contribution in [0.25, 0.3) is 5.70 Å². The van der Waals surface area contributed by atoms with Crippen molar-refractivity contribution in [3.8, 4) is 0 Å². The average Bonchev–Trinajstić information content (AvgIpc) is 3.18. The second kappa shape index (κ2) is 4.38. The highest BCUT2D eigenvalue weighted by molar-refractivity contribution is 5.76. The molecule has 2 aromatic heterocycles. The van der Waals surface area contributed by atoms with E-state index < -0.39 is 0 Å². The fourth-order valence-corrected chi connectivity index (χ4v) is 2.38. The molecule has 1 N–H and O–H groups in total. The Morgan fingerprint density at radius 2 is 2.00 bits per heavy atom. The molecule has 1 aliphatic rings. The largest absolute Gasteiger partial charge is 0.467 e. The Bertz CT molecular complexity index is 743. The molecular formula is C15H12N4O. The summed E-state index contributed by atoms with van der Waals surface area (Å²) in [6.07, 6.45) is 5.31. The van der Waals surface area contributed by atoms with Crippen molar-refractivity contribution in [2.24, 2.45) is 0 Å². The van der Waals surface area contributed by atoms with Gasteiger partial charge in [0, 0.05) is 5.70 Å². The standard InChI is InChI=1S/C15H12N4O/c1-2-5-11(6-3-1)12-9-13(14-7-4-8-20-14)19-15(18-12)16-10-17-19/h1-10,13H,(H,16,17,18). The van der Waals surface area contributed by atoms with Crippen molar-refractivity contribution in [2.75, 3.05) is 5.32 Å². The lowest BCUT2D eigenvalue weighted by Gasteiger charge is -2.22. The first-order chi connectivity index (χ1) is 9.92. The van der Waals surface area contributed by atoms with Gasteiger partial charge in [0.1, 0.15) is 18.1 Å². The van der Waals surface area contributed by atoms with Crippen LogP contribution < -0.4 is 5.32 Å². The molecule has 3 aromatic rings. The topological polar surface area (TPSA) is 55.9 Å². The summed E-state index contributed by atoms with van der Waals surface area (Å²) in [7, 11) is 0. The molecule has 0 fully saturated rings. The second-order valence-electron chi connectivity index (χ2n) is 4.56. The van der Waals surface area contributed by atoms with Gasteiger partial charge in [-0.3, -0.25) is 0 Å². The summed E-state index contributed by atoms with van der Waals surface area (Å²) in [5, 5.41) is 7.55. The van der Waals surface area contributed by atoms with Crippen molar-refractivity contribution in [3.05, 3.63) is 72.5 Å². The van der Waals surface area contributed by atoms with Gasteiger partial charge in [0.2, 0.25) is 5.95 Å². The van der Waals surface area contributed by atoms with Crippen LogP contribution in [-0.4, -0.2) is 14.8 Å². The molecule has 1 aromatic carbocycles. The van der Waals surface area contributed by atoms with E-state index >= 15 is 0 Å². The Kier molecular flexibility index (Phi) is 2.42. The van der Waals surface area contributed by atoms with Gasteiger partial charge in [0.15, 0.2) is 0 Å². The summed E-state index contributed by atoms with van der Waals surface area (Å²) in [5.74, 6) is 1.56. The zero-order valence-corrected chi connectivity index (χ0v) is 10.6. The summed E-state index contributed by atoms with van der Waals surface area (Å²) < 4.78 is 7.33. The molecule has 5 heteroatoms. The number of rotatable bonds is 2. The summed E-state index contributed by atoms with van der Waals surface area (Å²) in [5.41, 5.74) is 2.12. The molecule has 0 saturated heterocycles. The van der Waals surface area contributed by atoms with Crippen LogP contribution in [0.3, 0.4) is 0 Å². The van der Waals surface area contributed by atoms with Crippen molar-refractivity contribution >= 4 is 11.6 Å². The molecule has 1 unspecified atom stereocenters. The highest BCUT2D eigenvalue weighted by Crippen LogP contribution is 2.31. The maximum Gasteiger partial charge on any atom is 0.226 e. The normalized spacial score (nSPS) is 17.2. The van der Waals surface area contributed by atoms with Crippen LogP contribution in [-0.2, 0) is 0 Å². The smallest absolute Gasteiger partial charge is 0.226 e. The van der Waals surface area contributed by atoms with Gasteiger partial charge in [-0.15, -0.1) is 0 Å². The van der Waals surface area contributed by atoms with Crippen molar-refractivity contribution in [1.82, 2.24) is 14.8 Å². The number of furan rings is 1. The minimum absolute atomic E-state index is 0.0843. The van der Waals surface area contributed by atoms with E-state index in [-0.39, 0.29) is 6.04 Å². The number of fused-ring (bicyclic) bond motifs is 1. The van der Waals surface area contributed by atoms with E-state index in [4.69, 9.17) is 4.42 Å². The van der Waals surface area contributed by atoms with Gasteiger partial charge in [-0.1, -0.05) is 30.3 Å². The van der Waals surface area contributed by atoms with Gasteiger partial charge >= 0.3 is 0 Å². The lowest BCUT2D eigenvalue weighted by atomic mass is 10.1. The van der Waals surface area contributed by atoms with Crippen LogP contribution in [0.1, 0.15) is 17.4 Å². The number of allylic oxidation sites excluding steroid dienone is 1. The predicted octanol–water partition coefficient (Wildman–Crippen LogP) is 2.93. The van der Waals surface area contributed by atoms with E-state index in [1.54, 1.807) is 12.6 Å². The summed E-state index contributed by atoms with van der Waals surface area (Å²) in [4.78, 5) is 4.25. The van der Waals surface area contributed by atoms with E-state index in [0.29, 0.717) is 5.95 Å². The molecule has 1 aliphatic heterocycles. The van der Waals surface area contributed by atoms with Crippen LogP contribution >= 0.6 is 0 Å². The predicted molar refractivity (Wildman–Crippen MR) is 74.9 cm³/mol. The molecule has 0 amide bonds. The molecule has 0 aliphatic carbocycles. The lowest BCUT2D eigenvalue weighted by molar-refractivity contribution is 0.448. The van der Waals surface area contributed by atoms with E-state index in [1.165, 1.54) is 0 Å². The third-order valence-electron chi connectivity index (χ3n) is 3.33. The van der Waals surface area contributed by atoms with Crippen LogP contribution in [0, 0.1) is 0 Å². The van der Waals surface area contributed by atoms with Crippen molar-refractivity contribution in [2.45, 2.75) is 6.04 Å². The third-order valence-corrected chi connectivity index (χ3v) is 3.33. The number of nitrogens with one attached hydrogen (secondary N) is 1. The minimum atomic E-state index is -0.0843. The van der Waals surface area contributed by atoms with Crippen LogP contribution in [0.2, 0.25) is 0 Å². The number of benzene rings is 1. The van der Waals surface area contributed by atoms with Gasteiger partial charge < -0.3 is 9.73 Å². The average molecular weight is 264 g/mol. The molecule has 3 heterocycles. The SMILES string of the molecule is C1=C(c2ccccc2)Nc2ncnn2C1c1ccco1. The van der Waals surface area contributed by atoms with Gasteiger partial charge in [-0.25, -0.2) is 4.68 Å². The number of hydrogen-bond acceptors (Lipinski definition) is 4. The van der Waals surface area contributed by atoms with E-state index in [1.807, 2.05) is 35.0 Å². The minimum Gasteiger partial charge on any atom is -0.467 e. The van der Waals surface area contributed by atoms with Gasteiger partial charge in [-0.2, -0.15) is 10.1 Å². The molecule has 0 saturated carbocycles. The Balaban J connectivity index is 1.83. The van der Waals surface area contributed by atoms with Crippen molar-refractivity contribution in [3.63, 3.8) is 0 Å². The van der Waals surface area contributed by atoms with Crippen LogP contribution in [0.15, 0.2) is 65.5 Å². The molecule has 20 heavy (non-hydrogen) atoms. The maximum atomic E-state index is 5.52. The van der Waals surface area contributed by atoms with E-state index in [2.05, 4.69) is 33.6 Å². The van der Waals surface area contributed by atoms with Crippen LogP contribution in [0.5, 0.6) is 0 Å². The summed E-state index contributed by atoms with van der Waals surface area (Å²) >= 11 is 0. The van der Waals surface area contributed by atoms with Crippen LogP contribution in [0.4, 0.5) is 5.95 Å². The molecule has 0 spiro atoms. The highest BCUT2D eigenvalue weighted by atomic mass is 16.3. The van der Waals surface area contributed by atoms with Gasteiger partial charge in [0.25, 0.3) is 0 Å². The Labute approximate surface area is 115 Å².